The number of nitrogens with one attached hydrogen (secondary N) is 1. The fraction of sp³-hybridized carbons (Fsp3) is 0.600. The zero-order valence-corrected chi connectivity index (χ0v) is 13.0. The molecule has 1 fully saturated rings. The van der Waals surface area contributed by atoms with Crippen molar-refractivity contribution in [1.29, 1.82) is 0 Å². The molecule has 3 N–H and O–H groups in total. The van der Waals surface area contributed by atoms with Gasteiger partial charge in [-0.05, 0) is 37.8 Å². The van der Waals surface area contributed by atoms with Gasteiger partial charge in [0.2, 0.25) is 0 Å². The lowest BCUT2D eigenvalue weighted by Crippen LogP contribution is -2.43. The van der Waals surface area contributed by atoms with Gasteiger partial charge in [0.1, 0.15) is 4.99 Å². The van der Waals surface area contributed by atoms with Gasteiger partial charge in [-0.2, -0.15) is 0 Å². The summed E-state index contributed by atoms with van der Waals surface area (Å²) in [6, 6.07) is 4.29. The molecule has 4 nitrogen and oxygen atoms in total. The summed E-state index contributed by atoms with van der Waals surface area (Å²) in [6.45, 7) is 5.21. The number of anilines is 1. The van der Waals surface area contributed by atoms with Crippen LogP contribution in [0.2, 0.25) is 0 Å². The lowest BCUT2D eigenvalue weighted by molar-refractivity contribution is -0.0864. The monoisotopic (exact) mass is 293 g/mol. The van der Waals surface area contributed by atoms with Crippen LogP contribution in [0.4, 0.5) is 5.69 Å². The third kappa shape index (κ3) is 3.46. The molecule has 0 radical (unpaired) electrons. The molecule has 5 heteroatoms. The number of ether oxygens (including phenoxy) is 1. The average molecular weight is 293 g/mol. The minimum Gasteiger partial charge on any atom is -0.388 e. The van der Waals surface area contributed by atoms with Gasteiger partial charge in [0.25, 0.3) is 0 Å². The zero-order valence-electron chi connectivity index (χ0n) is 12.2. The van der Waals surface area contributed by atoms with Crippen LogP contribution in [0.25, 0.3) is 0 Å². The van der Waals surface area contributed by atoms with Crippen molar-refractivity contribution in [2.45, 2.75) is 51.2 Å². The van der Waals surface area contributed by atoms with Crippen molar-refractivity contribution in [3.05, 3.63) is 24.0 Å². The molecular formula is C15H23N3OS. The Labute approximate surface area is 126 Å². The van der Waals surface area contributed by atoms with Crippen molar-refractivity contribution in [1.82, 2.24) is 4.98 Å². The van der Waals surface area contributed by atoms with Crippen molar-refractivity contribution in [2.75, 3.05) is 11.9 Å². The van der Waals surface area contributed by atoms with Gasteiger partial charge < -0.3 is 15.8 Å². The predicted molar refractivity (Wildman–Crippen MR) is 86.0 cm³/mol. The van der Waals surface area contributed by atoms with Gasteiger partial charge in [0.05, 0.1) is 11.3 Å². The van der Waals surface area contributed by atoms with E-state index >= 15 is 0 Å². The van der Waals surface area contributed by atoms with Crippen molar-refractivity contribution in [3.63, 3.8) is 0 Å². The summed E-state index contributed by atoms with van der Waals surface area (Å²) in [5.74, 6) is 0. The molecule has 1 saturated heterocycles. The van der Waals surface area contributed by atoms with E-state index in [0.29, 0.717) is 16.7 Å². The van der Waals surface area contributed by atoms with Crippen LogP contribution in [-0.2, 0) is 4.74 Å². The molecule has 1 aromatic rings. The second-order valence-electron chi connectivity index (χ2n) is 5.37. The lowest BCUT2D eigenvalue weighted by Gasteiger charge is -2.40. The lowest BCUT2D eigenvalue weighted by atomic mass is 9.86. The molecular weight excluding hydrogens is 270 g/mol. The summed E-state index contributed by atoms with van der Waals surface area (Å²) in [5, 5.41) is 3.56. The Kier molecular flexibility index (Phi) is 4.94. The summed E-state index contributed by atoms with van der Waals surface area (Å²) >= 11 is 4.97. The number of nitrogens with zero attached hydrogens (tertiary/aromatic N) is 1. The van der Waals surface area contributed by atoms with E-state index in [1.165, 1.54) is 0 Å². The van der Waals surface area contributed by atoms with Crippen LogP contribution < -0.4 is 11.1 Å². The minimum absolute atomic E-state index is 0.0228. The summed E-state index contributed by atoms with van der Waals surface area (Å²) in [7, 11) is 0. The molecule has 110 valence electrons. The Balaban J connectivity index is 2.06. The van der Waals surface area contributed by atoms with Gasteiger partial charge in [0.15, 0.2) is 0 Å². The molecule has 1 aromatic heterocycles. The third-order valence-electron chi connectivity index (χ3n) is 4.16. The molecule has 1 unspecified atom stereocenters. The molecule has 20 heavy (non-hydrogen) atoms. The van der Waals surface area contributed by atoms with Crippen molar-refractivity contribution in [2.24, 2.45) is 5.73 Å². The number of pyridine rings is 1. The Bertz CT molecular complexity index is 474. The second kappa shape index (κ2) is 6.50. The third-order valence-corrected chi connectivity index (χ3v) is 4.37. The second-order valence-corrected chi connectivity index (χ2v) is 5.81. The first-order valence-electron chi connectivity index (χ1n) is 7.25. The zero-order chi connectivity index (χ0) is 14.6. The quantitative estimate of drug-likeness (QED) is 0.818. The standard InChI is InChI=1S/C15H23N3OS/c1-3-15(4-2)10-12(6-8-19-15)18-11-5-7-17-13(9-11)14(16)20/h5,7,9,12H,3-4,6,8,10H2,1-2H3,(H2,16,20)(H,17,18). The molecule has 0 spiro atoms. The molecule has 0 amide bonds. The highest BCUT2D eigenvalue weighted by atomic mass is 32.1. The number of hydrogen-bond donors (Lipinski definition) is 2. The molecule has 1 aliphatic rings. The predicted octanol–water partition coefficient (Wildman–Crippen LogP) is 2.87. The fourth-order valence-corrected chi connectivity index (χ4v) is 2.90. The molecule has 1 atom stereocenters. The Hall–Kier alpha value is -1.20. The number of aromatic nitrogens is 1. The maximum Gasteiger partial charge on any atom is 0.122 e. The van der Waals surface area contributed by atoms with E-state index in [4.69, 9.17) is 22.7 Å². The highest BCUT2D eigenvalue weighted by Crippen LogP contribution is 2.32. The van der Waals surface area contributed by atoms with Crippen molar-refractivity contribution < 1.29 is 4.74 Å². The molecule has 0 saturated carbocycles. The Morgan fingerprint density at radius 2 is 2.30 bits per heavy atom. The molecule has 0 aromatic carbocycles. The number of hydrogen-bond acceptors (Lipinski definition) is 4. The summed E-state index contributed by atoms with van der Waals surface area (Å²) in [5.41, 5.74) is 7.33. The van der Waals surface area contributed by atoms with Gasteiger partial charge in [-0.1, -0.05) is 26.1 Å². The van der Waals surface area contributed by atoms with Gasteiger partial charge >= 0.3 is 0 Å². The number of rotatable bonds is 5. The minimum atomic E-state index is 0.0228. The summed E-state index contributed by atoms with van der Waals surface area (Å²) in [6.07, 6.45) is 5.90. The largest absolute Gasteiger partial charge is 0.388 e. The van der Waals surface area contributed by atoms with E-state index in [1.54, 1.807) is 6.20 Å². The van der Waals surface area contributed by atoms with E-state index in [0.717, 1.165) is 38.0 Å². The van der Waals surface area contributed by atoms with E-state index in [2.05, 4.69) is 24.1 Å². The topological polar surface area (TPSA) is 60.2 Å². The first kappa shape index (κ1) is 15.2. The van der Waals surface area contributed by atoms with Crippen LogP contribution in [0.15, 0.2) is 18.3 Å². The van der Waals surface area contributed by atoms with E-state index < -0.39 is 0 Å². The van der Waals surface area contributed by atoms with Crippen molar-refractivity contribution >= 4 is 22.9 Å². The van der Waals surface area contributed by atoms with Crippen LogP contribution in [0.1, 0.15) is 45.2 Å². The molecule has 2 heterocycles. The van der Waals surface area contributed by atoms with E-state index in [9.17, 15) is 0 Å². The summed E-state index contributed by atoms with van der Waals surface area (Å²) in [4.78, 5) is 4.49. The van der Waals surface area contributed by atoms with Crippen LogP contribution in [0.3, 0.4) is 0 Å². The maximum atomic E-state index is 6.00. The number of thiocarbonyl (C=S) groups is 1. The Morgan fingerprint density at radius 1 is 1.55 bits per heavy atom. The first-order chi connectivity index (χ1) is 9.58. The van der Waals surface area contributed by atoms with Gasteiger partial charge in [-0.3, -0.25) is 4.98 Å². The number of nitrogens with two attached hydrogens (primary N) is 1. The van der Waals surface area contributed by atoms with E-state index in [1.807, 2.05) is 12.1 Å². The smallest absolute Gasteiger partial charge is 0.122 e. The Morgan fingerprint density at radius 3 is 2.95 bits per heavy atom. The van der Waals surface area contributed by atoms with E-state index in [-0.39, 0.29) is 5.60 Å². The summed E-state index contributed by atoms with van der Waals surface area (Å²) < 4.78 is 6.00. The van der Waals surface area contributed by atoms with Crippen LogP contribution >= 0.6 is 12.2 Å². The van der Waals surface area contributed by atoms with Crippen LogP contribution in [0.5, 0.6) is 0 Å². The normalized spacial score (nSPS) is 21.4. The molecule has 0 aliphatic carbocycles. The average Bonchev–Trinajstić information content (AvgIpc) is 2.47. The van der Waals surface area contributed by atoms with Crippen molar-refractivity contribution in [3.8, 4) is 0 Å². The fourth-order valence-electron chi connectivity index (χ4n) is 2.78. The molecule has 0 bridgehead atoms. The van der Waals surface area contributed by atoms with Crippen LogP contribution in [-0.4, -0.2) is 28.2 Å². The van der Waals surface area contributed by atoms with Crippen LogP contribution in [0, 0.1) is 0 Å². The SMILES string of the molecule is CCC1(CC)CC(Nc2ccnc(C(N)=S)c2)CCO1. The highest BCUT2D eigenvalue weighted by molar-refractivity contribution is 7.80. The molecule has 2 rings (SSSR count). The van der Waals surface area contributed by atoms with Gasteiger partial charge in [-0.25, -0.2) is 0 Å². The van der Waals surface area contributed by atoms with Gasteiger partial charge in [0, 0.05) is 24.5 Å². The maximum absolute atomic E-state index is 6.00. The highest BCUT2D eigenvalue weighted by Gasteiger charge is 2.34. The van der Waals surface area contributed by atoms with Gasteiger partial charge in [-0.15, -0.1) is 0 Å². The first-order valence-corrected chi connectivity index (χ1v) is 7.66. The molecule has 1 aliphatic heterocycles.